The minimum Gasteiger partial charge on any atom is -0.274 e. The highest BCUT2D eigenvalue weighted by Crippen LogP contribution is 2.48. The van der Waals surface area contributed by atoms with E-state index in [1.165, 1.54) is 43.4 Å². The molecule has 0 spiro atoms. The fourth-order valence-corrected chi connectivity index (χ4v) is 7.21. The molecule has 0 N–H and O–H groups in total. The molecule has 4 rings (SSSR count). The molecule has 0 radical (unpaired) electrons. The van der Waals surface area contributed by atoms with Crippen LogP contribution in [0.3, 0.4) is 0 Å². The van der Waals surface area contributed by atoms with Gasteiger partial charge < -0.3 is 0 Å². The maximum atomic E-state index is 13.4. The Labute approximate surface area is 196 Å². The standard InChI is InChI=1S/C25H29NO2S3/c1-3-4-5-6-7-8-11-17(2)16-26-24(27)20-21(25(26)28)23(19-13-10-15-30-19)31-22(20)18-12-9-14-29-18/h9-10,12-15,17H,3-8,11,16H2,1-2H3. The topological polar surface area (TPSA) is 37.4 Å². The van der Waals surface area contributed by atoms with Gasteiger partial charge in [-0.1, -0.05) is 64.5 Å². The molecule has 2 amide bonds. The van der Waals surface area contributed by atoms with E-state index in [-0.39, 0.29) is 11.8 Å². The second-order valence-electron chi connectivity index (χ2n) is 8.35. The van der Waals surface area contributed by atoms with E-state index in [2.05, 4.69) is 13.8 Å². The predicted molar refractivity (Wildman–Crippen MR) is 133 cm³/mol. The summed E-state index contributed by atoms with van der Waals surface area (Å²) in [4.78, 5) is 32.3. The van der Waals surface area contributed by atoms with E-state index in [1.807, 2.05) is 35.0 Å². The largest absolute Gasteiger partial charge is 0.274 e. The Kier molecular flexibility index (Phi) is 7.41. The Morgan fingerprint density at radius 1 is 0.839 bits per heavy atom. The molecule has 0 fully saturated rings. The smallest absolute Gasteiger partial charge is 0.263 e. The normalized spacial score (nSPS) is 14.5. The molecule has 31 heavy (non-hydrogen) atoms. The van der Waals surface area contributed by atoms with Crippen molar-refractivity contribution in [2.24, 2.45) is 5.92 Å². The first-order valence-corrected chi connectivity index (χ1v) is 13.8. The molecule has 6 heteroatoms. The summed E-state index contributed by atoms with van der Waals surface area (Å²) >= 11 is 4.83. The summed E-state index contributed by atoms with van der Waals surface area (Å²) < 4.78 is 0. The molecule has 3 aromatic heterocycles. The van der Waals surface area contributed by atoms with E-state index in [1.54, 1.807) is 34.0 Å². The van der Waals surface area contributed by atoms with Crippen LogP contribution in [0, 0.1) is 5.92 Å². The third kappa shape index (κ3) is 4.71. The number of hydrogen-bond donors (Lipinski definition) is 0. The van der Waals surface area contributed by atoms with Gasteiger partial charge >= 0.3 is 0 Å². The Balaban J connectivity index is 1.51. The van der Waals surface area contributed by atoms with Crippen LogP contribution >= 0.6 is 34.0 Å². The first-order chi connectivity index (χ1) is 15.1. The van der Waals surface area contributed by atoms with Gasteiger partial charge in [-0.2, -0.15) is 0 Å². The molecule has 164 valence electrons. The zero-order valence-corrected chi connectivity index (χ0v) is 20.6. The first kappa shape index (κ1) is 22.4. The van der Waals surface area contributed by atoms with Crippen molar-refractivity contribution < 1.29 is 9.59 Å². The lowest BCUT2D eigenvalue weighted by Crippen LogP contribution is -2.34. The monoisotopic (exact) mass is 471 g/mol. The van der Waals surface area contributed by atoms with Crippen LogP contribution in [0.15, 0.2) is 35.0 Å². The maximum absolute atomic E-state index is 13.4. The highest BCUT2D eigenvalue weighted by molar-refractivity contribution is 7.26. The number of carbonyl (C=O) groups excluding carboxylic acids is 2. The zero-order chi connectivity index (χ0) is 21.8. The lowest BCUT2D eigenvalue weighted by molar-refractivity contribution is 0.0630. The van der Waals surface area contributed by atoms with Gasteiger partial charge in [0, 0.05) is 16.3 Å². The van der Waals surface area contributed by atoms with Gasteiger partial charge in [-0.15, -0.1) is 34.0 Å². The second-order valence-corrected chi connectivity index (χ2v) is 11.3. The van der Waals surface area contributed by atoms with Crippen LogP contribution in [0.4, 0.5) is 0 Å². The lowest BCUT2D eigenvalue weighted by atomic mass is 10.0. The quantitative estimate of drug-likeness (QED) is 0.209. The van der Waals surface area contributed by atoms with Crippen molar-refractivity contribution in [3.05, 3.63) is 46.2 Å². The lowest BCUT2D eigenvalue weighted by Gasteiger charge is -2.20. The molecule has 0 aromatic carbocycles. The number of hydrogen-bond acceptors (Lipinski definition) is 5. The number of unbranched alkanes of at least 4 members (excludes halogenated alkanes) is 5. The van der Waals surface area contributed by atoms with Crippen LogP contribution in [0.1, 0.15) is 79.5 Å². The van der Waals surface area contributed by atoms with Crippen molar-refractivity contribution in [1.29, 1.82) is 0 Å². The third-order valence-corrected chi connectivity index (χ3v) is 9.15. The van der Waals surface area contributed by atoms with Gasteiger partial charge in [-0.3, -0.25) is 14.5 Å². The summed E-state index contributed by atoms with van der Waals surface area (Å²) in [6.07, 6.45) is 8.64. The number of carbonyl (C=O) groups is 2. The molecule has 1 aliphatic heterocycles. The van der Waals surface area contributed by atoms with Gasteiger partial charge in [0.05, 0.1) is 20.9 Å². The first-order valence-electron chi connectivity index (χ1n) is 11.2. The van der Waals surface area contributed by atoms with Crippen LogP contribution in [-0.2, 0) is 0 Å². The molecule has 1 atom stereocenters. The predicted octanol–water partition coefficient (Wildman–Crippen LogP) is 8.19. The number of imide groups is 1. The SMILES string of the molecule is CCCCCCCCC(C)CN1C(=O)c2c(-c3cccs3)sc(-c3cccs3)c2C1=O. The van der Waals surface area contributed by atoms with Gasteiger partial charge in [0.1, 0.15) is 0 Å². The van der Waals surface area contributed by atoms with E-state index >= 15 is 0 Å². The fraction of sp³-hybridized carbons (Fsp3) is 0.440. The van der Waals surface area contributed by atoms with Crippen molar-refractivity contribution in [3.63, 3.8) is 0 Å². The highest BCUT2D eigenvalue weighted by Gasteiger charge is 2.42. The molecular formula is C25H29NO2S3. The highest BCUT2D eigenvalue weighted by atomic mass is 32.1. The van der Waals surface area contributed by atoms with Gasteiger partial charge in [0.25, 0.3) is 11.8 Å². The average Bonchev–Trinajstić information content (AvgIpc) is 3.54. The number of nitrogens with zero attached hydrogens (tertiary/aromatic N) is 1. The number of fused-ring (bicyclic) bond motifs is 1. The zero-order valence-electron chi connectivity index (χ0n) is 18.2. The minimum atomic E-state index is -0.114. The van der Waals surface area contributed by atoms with Gasteiger partial charge in [0.15, 0.2) is 0 Å². The summed E-state index contributed by atoms with van der Waals surface area (Å²) in [5, 5.41) is 4.04. The Hall–Kier alpha value is -1.76. The molecule has 3 aromatic rings. The summed E-state index contributed by atoms with van der Waals surface area (Å²) in [7, 11) is 0. The van der Waals surface area contributed by atoms with E-state index in [4.69, 9.17) is 0 Å². The molecule has 0 bridgehead atoms. The molecule has 4 heterocycles. The molecular weight excluding hydrogens is 442 g/mol. The van der Waals surface area contributed by atoms with E-state index in [0.717, 1.165) is 25.9 Å². The minimum absolute atomic E-state index is 0.114. The van der Waals surface area contributed by atoms with Crippen LogP contribution in [-0.4, -0.2) is 23.3 Å². The Bertz CT molecular complexity index is 949. The van der Waals surface area contributed by atoms with Crippen LogP contribution < -0.4 is 0 Å². The van der Waals surface area contributed by atoms with Gasteiger partial charge in [0.2, 0.25) is 0 Å². The van der Waals surface area contributed by atoms with Crippen molar-refractivity contribution in [2.45, 2.75) is 58.8 Å². The summed E-state index contributed by atoms with van der Waals surface area (Å²) in [6, 6.07) is 8.07. The van der Waals surface area contributed by atoms with Gasteiger partial charge in [-0.25, -0.2) is 0 Å². The maximum Gasteiger partial charge on any atom is 0.263 e. The molecule has 1 unspecified atom stereocenters. The summed E-state index contributed by atoms with van der Waals surface area (Å²) in [6.45, 7) is 4.91. The number of rotatable bonds is 11. The number of thiophene rings is 3. The third-order valence-electron chi connectivity index (χ3n) is 5.86. The van der Waals surface area contributed by atoms with E-state index < -0.39 is 0 Å². The van der Waals surface area contributed by atoms with Crippen LogP contribution in [0.5, 0.6) is 0 Å². The molecule has 1 aliphatic rings. The Morgan fingerprint density at radius 3 is 1.90 bits per heavy atom. The average molecular weight is 472 g/mol. The van der Waals surface area contributed by atoms with Gasteiger partial charge in [-0.05, 0) is 35.2 Å². The van der Waals surface area contributed by atoms with Crippen LogP contribution in [0.2, 0.25) is 0 Å². The Morgan fingerprint density at radius 2 is 1.39 bits per heavy atom. The summed E-state index contributed by atoms with van der Waals surface area (Å²) in [5.74, 6) is 0.0941. The second kappa shape index (κ2) is 10.2. The molecule has 0 saturated carbocycles. The van der Waals surface area contributed by atoms with Crippen LogP contribution in [0.25, 0.3) is 19.5 Å². The van der Waals surface area contributed by atoms with E-state index in [9.17, 15) is 9.59 Å². The van der Waals surface area contributed by atoms with E-state index in [0.29, 0.717) is 23.6 Å². The van der Waals surface area contributed by atoms with Crippen molar-refractivity contribution in [1.82, 2.24) is 4.90 Å². The molecule has 3 nitrogen and oxygen atoms in total. The summed E-state index contributed by atoms with van der Waals surface area (Å²) in [5.41, 5.74) is 1.24. The molecule has 0 aliphatic carbocycles. The molecule has 0 saturated heterocycles. The van der Waals surface area contributed by atoms with Crippen molar-refractivity contribution in [3.8, 4) is 19.5 Å². The number of amides is 2. The van der Waals surface area contributed by atoms with Crippen molar-refractivity contribution in [2.75, 3.05) is 6.54 Å². The van der Waals surface area contributed by atoms with Crippen molar-refractivity contribution >= 4 is 45.8 Å². The fourth-order valence-electron chi connectivity index (χ4n) is 4.21.